The predicted molar refractivity (Wildman–Crippen MR) is 49.8 cm³/mol. The lowest BCUT2D eigenvalue weighted by atomic mass is 10.1. The van der Waals surface area contributed by atoms with Crippen LogP contribution in [0.15, 0.2) is 0 Å². The van der Waals surface area contributed by atoms with Crippen LogP contribution in [0.25, 0.3) is 0 Å². The summed E-state index contributed by atoms with van der Waals surface area (Å²) in [6.07, 6.45) is 1.67. The molecule has 0 heterocycles. The van der Waals surface area contributed by atoms with Crippen LogP contribution in [0.2, 0.25) is 0 Å². The SMILES string of the molecule is CCCCNC(=O)C(C(N)=O)C(N)=O. The maximum Gasteiger partial charge on any atom is 0.242 e. The van der Waals surface area contributed by atoms with Gasteiger partial charge in [0.05, 0.1) is 0 Å². The topological polar surface area (TPSA) is 115 Å². The van der Waals surface area contributed by atoms with Crippen LogP contribution in [0.3, 0.4) is 0 Å². The van der Waals surface area contributed by atoms with Gasteiger partial charge in [0, 0.05) is 6.54 Å². The van der Waals surface area contributed by atoms with Crippen molar-refractivity contribution in [3.63, 3.8) is 0 Å². The third kappa shape index (κ3) is 3.88. The summed E-state index contributed by atoms with van der Waals surface area (Å²) >= 11 is 0. The van der Waals surface area contributed by atoms with Crippen LogP contribution in [-0.2, 0) is 14.4 Å². The maximum atomic E-state index is 11.2. The van der Waals surface area contributed by atoms with Gasteiger partial charge in [-0.05, 0) is 6.42 Å². The van der Waals surface area contributed by atoms with Gasteiger partial charge in [-0.3, -0.25) is 14.4 Å². The average molecular weight is 201 g/mol. The molecule has 0 fully saturated rings. The Balaban J connectivity index is 4.17. The summed E-state index contributed by atoms with van der Waals surface area (Å²) in [4.78, 5) is 32.5. The van der Waals surface area contributed by atoms with Gasteiger partial charge in [-0.15, -0.1) is 0 Å². The van der Waals surface area contributed by atoms with Crippen LogP contribution in [-0.4, -0.2) is 24.3 Å². The van der Waals surface area contributed by atoms with Crippen LogP contribution in [0.5, 0.6) is 0 Å². The van der Waals surface area contributed by atoms with Crippen molar-refractivity contribution in [3.8, 4) is 0 Å². The summed E-state index contributed by atoms with van der Waals surface area (Å²) in [5, 5.41) is 2.41. The molecule has 6 nitrogen and oxygen atoms in total. The summed E-state index contributed by atoms with van der Waals surface area (Å²) in [7, 11) is 0. The van der Waals surface area contributed by atoms with Gasteiger partial charge in [-0.25, -0.2) is 0 Å². The van der Waals surface area contributed by atoms with Crippen LogP contribution in [0, 0.1) is 5.92 Å². The van der Waals surface area contributed by atoms with Gasteiger partial charge in [-0.1, -0.05) is 13.3 Å². The standard InChI is InChI=1S/C8H15N3O3/c1-2-3-4-11-8(14)5(6(9)12)7(10)13/h5H,2-4H2,1H3,(H2,9,12)(H2,10,13)(H,11,14). The average Bonchev–Trinajstić information content (AvgIpc) is 2.03. The number of primary amides is 2. The molecule has 3 amide bonds. The van der Waals surface area contributed by atoms with E-state index in [1.54, 1.807) is 0 Å². The molecule has 0 aromatic rings. The van der Waals surface area contributed by atoms with E-state index in [1.165, 1.54) is 0 Å². The summed E-state index contributed by atoms with van der Waals surface area (Å²) in [6, 6.07) is 0. The molecule has 5 N–H and O–H groups in total. The summed E-state index contributed by atoms with van der Waals surface area (Å²) < 4.78 is 0. The van der Waals surface area contributed by atoms with E-state index in [0.717, 1.165) is 12.8 Å². The van der Waals surface area contributed by atoms with Crippen LogP contribution >= 0.6 is 0 Å². The van der Waals surface area contributed by atoms with E-state index in [4.69, 9.17) is 11.5 Å². The van der Waals surface area contributed by atoms with Crippen molar-refractivity contribution >= 4 is 17.7 Å². The van der Waals surface area contributed by atoms with Crippen molar-refractivity contribution in [1.82, 2.24) is 5.32 Å². The maximum absolute atomic E-state index is 11.2. The van der Waals surface area contributed by atoms with E-state index < -0.39 is 23.6 Å². The molecule has 0 bridgehead atoms. The number of nitrogens with one attached hydrogen (secondary N) is 1. The van der Waals surface area contributed by atoms with E-state index in [1.807, 2.05) is 6.92 Å². The minimum atomic E-state index is -1.56. The fourth-order valence-corrected chi connectivity index (χ4v) is 0.889. The van der Waals surface area contributed by atoms with Crippen LogP contribution in [0.1, 0.15) is 19.8 Å². The Hall–Kier alpha value is -1.59. The first-order chi connectivity index (χ1) is 6.50. The van der Waals surface area contributed by atoms with Crippen LogP contribution < -0.4 is 16.8 Å². The van der Waals surface area contributed by atoms with Gasteiger partial charge in [0.25, 0.3) is 0 Å². The molecule has 0 aliphatic carbocycles. The van der Waals surface area contributed by atoms with Gasteiger partial charge in [-0.2, -0.15) is 0 Å². The van der Waals surface area contributed by atoms with Crippen molar-refractivity contribution in [2.75, 3.05) is 6.54 Å². The molecule has 6 heteroatoms. The summed E-state index contributed by atoms with van der Waals surface area (Å²) in [5.74, 6) is -4.33. The Bertz CT molecular complexity index is 226. The lowest BCUT2D eigenvalue weighted by Crippen LogP contribution is -2.46. The van der Waals surface area contributed by atoms with Gasteiger partial charge in [0.1, 0.15) is 0 Å². The second kappa shape index (κ2) is 5.95. The van der Waals surface area contributed by atoms with E-state index in [-0.39, 0.29) is 0 Å². The molecule has 14 heavy (non-hydrogen) atoms. The van der Waals surface area contributed by atoms with Crippen molar-refractivity contribution in [2.24, 2.45) is 17.4 Å². The summed E-state index contributed by atoms with van der Waals surface area (Å²) in [6.45, 7) is 2.36. The van der Waals surface area contributed by atoms with Crippen molar-refractivity contribution in [2.45, 2.75) is 19.8 Å². The Morgan fingerprint density at radius 3 is 2.07 bits per heavy atom. The van der Waals surface area contributed by atoms with Crippen molar-refractivity contribution in [1.29, 1.82) is 0 Å². The molecule has 0 saturated heterocycles. The number of carbonyl (C=O) groups is 3. The highest BCUT2D eigenvalue weighted by Crippen LogP contribution is 1.94. The van der Waals surface area contributed by atoms with Gasteiger partial charge >= 0.3 is 0 Å². The zero-order valence-corrected chi connectivity index (χ0v) is 8.08. The van der Waals surface area contributed by atoms with E-state index in [9.17, 15) is 14.4 Å². The third-order valence-corrected chi connectivity index (χ3v) is 1.66. The molecule has 0 aromatic heterocycles. The Labute approximate surface area is 82.0 Å². The molecule has 0 aromatic carbocycles. The minimum absolute atomic E-state index is 0.409. The molecule has 0 spiro atoms. The monoisotopic (exact) mass is 201 g/mol. The Kier molecular flexibility index (Phi) is 5.28. The fourth-order valence-electron chi connectivity index (χ4n) is 0.889. The number of unbranched alkanes of at least 4 members (excludes halogenated alkanes) is 1. The Morgan fingerprint density at radius 2 is 1.71 bits per heavy atom. The lowest BCUT2D eigenvalue weighted by molar-refractivity contribution is -0.140. The largest absolute Gasteiger partial charge is 0.369 e. The highest BCUT2D eigenvalue weighted by molar-refractivity contribution is 6.16. The number of hydrogen-bond donors (Lipinski definition) is 3. The molecule has 80 valence electrons. The number of rotatable bonds is 6. The Morgan fingerprint density at radius 1 is 1.21 bits per heavy atom. The number of amides is 3. The van der Waals surface area contributed by atoms with Crippen LogP contribution in [0.4, 0.5) is 0 Å². The van der Waals surface area contributed by atoms with Crippen molar-refractivity contribution < 1.29 is 14.4 Å². The zero-order chi connectivity index (χ0) is 11.1. The highest BCUT2D eigenvalue weighted by Gasteiger charge is 2.29. The lowest BCUT2D eigenvalue weighted by Gasteiger charge is -2.09. The van der Waals surface area contributed by atoms with Gasteiger partial charge in [0.2, 0.25) is 17.7 Å². The predicted octanol–water partition coefficient (Wildman–Crippen LogP) is -1.51. The molecule has 0 saturated carbocycles. The molecule has 0 aliphatic heterocycles. The molecule has 0 atom stereocenters. The van der Waals surface area contributed by atoms with E-state index in [2.05, 4.69) is 5.32 Å². The first kappa shape index (κ1) is 12.4. The number of carbonyl (C=O) groups excluding carboxylic acids is 3. The second-order valence-corrected chi connectivity index (χ2v) is 2.88. The molecule has 0 unspecified atom stereocenters. The quantitative estimate of drug-likeness (QED) is 0.358. The van der Waals surface area contributed by atoms with E-state index >= 15 is 0 Å². The third-order valence-electron chi connectivity index (χ3n) is 1.66. The molecule has 0 aliphatic rings. The minimum Gasteiger partial charge on any atom is -0.369 e. The molecular formula is C8H15N3O3. The molecule has 0 radical (unpaired) electrons. The number of hydrogen-bond acceptors (Lipinski definition) is 3. The normalized spacial score (nSPS) is 9.86. The van der Waals surface area contributed by atoms with Gasteiger partial charge in [0.15, 0.2) is 5.92 Å². The summed E-state index contributed by atoms with van der Waals surface area (Å²) in [5.41, 5.74) is 9.68. The second-order valence-electron chi connectivity index (χ2n) is 2.88. The number of nitrogens with two attached hydrogens (primary N) is 2. The fraction of sp³-hybridized carbons (Fsp3) is 0.625. The smallest absolute Gasteiger partial charge is 0.242 e. The zero-order valence-electron chi connectivity index (χ0n) is 8.08. The van der Waals surface area contributed by atoms with Gasteiger partial charge < -0.3 is 16.8 Å². The molecule has 0 rings (SSSR count). The molecular weight excluding hydrogens is 186 g/mol. The highest BCUT2D eigenvalue weighted by atomic mass is 16.2. The van der Waals surface area contributed by atoms with Crippen molar-refractivity contribution in [3.05, 3.63) is 0 Å². The first-order valence-electron chi connectivity index (χ1n) is 4.37. The first-order valence-corrected chi connectivity index (χ1v) is 4.37. The van der Waals surface area contributed by atoms with E-state index in [0.29, 0.717) is 6.54 Å².